The average Bonchev–Trinajstić information content (AvgIpc) is 2.62. The largest absolute Gasteiger partial charge is 0.388 e. The molecule has 0 bridgehead atoms. The lowest BCUT2D eigenvalue weighted by Gasteiger charge is -2.04. The molecule has 0 fully saturated rings. The number of rotatable bonds is 2. The zero-order chi connectivity index (χ0) is 9.10. The van der Waals surface area contributed by atoms with Crippen LogP contribution in [0.4, 0.5) is 0 Å². The van der Waals surface area contributed by atoms with Crippen LogP contribution >= 0.6 is 0 Å². The van der Waals surface area contributed by atoms with E-state index in [1.807, 2.05) is 0 Å². The Balaban J connectivity index is 2.05. The zero-order valence-corrected chi connectivity index (χ0v) is 8.01. The molecule has 0 amide bonds. The summed E-state index contributed by atoms with van der Waals surface area (Å²) in [5.41, 5.74) is 4.10. The molecule has 0 aromatic heterocycles. The Hall–Kier alpha value is -1.24. The van der Waals surface area contributed by atoms with Crippen LogP contribution in [0.25, 0.3) is 0 Å². The molecule has 1 heteroatoms. The van der Waals surface area contributed by atoms with E-state index in [1.165, 1.54) is 23.2 Å². The Morgan fingerprint density at radius 2 is 2.00 bits per heavy atom. The molecule has 0 saturated carbocycles. The van der Waals surface area contributed by atoms with Gasteiger partial charge in [0.1, 0.15) is 0 Å². The third kappa shape index (κ3) is 2.11. The molecule has 68 valence electrons. The molecule has 1 aromatic carbocycles. The normalized spacial score (nSPS) is 15.3. The molecule has 1 heterocycles. The SMILES string of the molecule is Cc1ccc(CC2=CCCN2)cc1. The van der Waals surface area contributed by atoms with Crippen LogP contribution in [0.1, 0.15) is 17.5 Å². The minimum atomic E-state index is 1.06. The van der Waals surface area contributed by atoms with Crippen LogP contribution in [0.3, 0.4) is 0 Å². The third-order valence-electron chi connectivity index (χ3n) is 2.40. The molecule has 2 rings (SSSR count). The molecular weight excluding hydrogens is 158 g/mol. The Bertz CT molecular complexity index is 308. The van der Waals surface area contributed by atoms with Crippen LogP contribution in [-0.2, 0) is 6.42 Å². The van der Waals surface area contributed by atoms with E-state index in [0.717, 1.165) is 13.0 Å². The van der Waals surface area contributed by atoms with Gasteiger partial charge >= 0.3 is 0 Å². The molecule has 1 aliphatic heterocycles. The zero-order valence-electron chi connectivity index (χ0n) is 8.01. The van der Waals surface area contributed by atoms with E-state index in [9.17, 15) is 0 Å². The lowest BCUT2D eigenvalue weighted by molar-refractivity contribution is 0.847. The second-order valence-corrected chi connectivity index (χ2v) is 3.61. The number of benzene rings is 1. The molecule has 13 heavy (non-hydrogen) atoms. The van der Waals surface area contributed by atoms with Gasteiger partial charge in [0.15, 0.2) is 0 Å². The minimum absolute atomic E-state index is 1.06. The van der Waals surface area contributed by atoms with E-state index in [0.29, 0.717) is 0 Å². The molecule has 0 atom stereocenters. The number of hydrogen-bond acceptors (Lipinski definition) is 1. The van der Waals surface area contributed by atoms with Crippen molar-refractivity contribution >= 4 is 0 Å². The molecule has 0 radical (unpaired) electrons. The topological polar surface area (TPSA) is 12.0 Å². The van der Waals surface area contributed by atoms with Crippen molar-refractivity contribution in [2.75, 3.05) is 6.54 Å². The molecule has 0 spiro atoms. The Morgan fingerprint density at radius 1 is 1.23 bits per heavy atom. The van der Waals surface area contributed by atoms with Crippen LogP contribution in [0.2, 0.25) is 0 Å². The summed E-state index contributed by atoms with van der Waals surface area (Å²) in [6.45, 7) is 3.23. The standard InChI is InChI=1S/C12H15N/c1-10-4-6-11(7-5-10)9-12-3-2-8-13-12/h3-7,13H,2,8-9H2,1H3. The lowest BCUT2D eigenvalue weighted by Crippen LogP contribution is -2.09. The fourth-order valence-corrected chi connectivity index (χ4v) is 1.61. The van der Waals surface area contributed by atoms with Gasteiger partial charge in [-0.1, -0.05) is 35.9 Å². The maximum absolute atomic E-state index is 3.38. The Labute approximate surface area is 79.5 Å². The maximum atomic E-state index is 3.38. The first-order chi connectivity index (χ1) is 6.34. The minimum Gasteiger partial charge on any atom is -0.388 e. The molecule has 1 aliphatic rings. The van der Waals surface area contributed by atoms with Gasteiger partial charge in [0.25, 0.3) is 0 Å². The smallest absolute Gasteiger partial charge is 0.0179 e. The molecule has 1 N–H and O–H groups in total. The Kier molecular flexibility index (Phi) is 2.35. The number of nitrogens with one attached hydrogen (secondary N) is 1. The van der Waals surface area contributed by atoms with Gasteiger partial charge in [0, 0.05) is 18.7 Å². The van der Waals surface area contributed by atoms with Gasteiger partial charge in [-0.25, -0.2) is 0 Å². The van der Waals surface area contributed by atoms with E-state index in [-0.39, 0.29) is 0 Å². The lowest BCUT2D eigenvalue weighted by atomic mass is 10.1. The fraction of sp³-hybridized carbons (Fsp3) is 0.333. The average molecular weight is 173 g/mol. The van der Waals surface area contributed by atoms with E-state index in [1.54, 1.807) is 0 Å². The van der Waals surface area contributed by atoms with Gasteiger partial charge in [-0.15, -0.1) is 0 Å². The van der Waals surface area contributed by atoms with Gasteiger partial charge in [-0.3, -0.25) is 0 Å². The molecule has 1 aromatic rings. The van der Waals surface area contributed by atoms with Crippen LogP contribution in [-0.4, -0.2) is 6.54 Å². The van der Waals surface area contributed by atoms with E-state index in [4.69, 9.17) is 0 Å². The first kappa shape index (κ1) is 8.36. The summed E-state index contributed by atoms with van der Waals surface area (Å²) in [5.74, 6) is 0. The predicted octanol–water partition coefficient (Wildman–Crippen LogP) is 2.41. The second-order valence-electron chi connectivity index (χ2n) is 3.61. The quantitative estimate of drug-likeness (QED) is 0.724. The number of aryl methyl sites for hydroxylation is 1. The second kappa shape index (κ2) is 3.65. The van der Waals surface area contributed by atoms with Crippen molar-refractivity contribution in [3.05, 3.63) is 47.2 Å². The molecule has 1 nitrogen and oxygen atoms in total. The van der Waals surface area contributed by atoms with E-state index in [2.05, 4.69) is 42.6 Å². The van der Waals surface area contributed by atoms with Crippen LogP contribution in [0, 0.1) is 6.92 Å². The van der Waals surface area contributed by atoms with Crippen molar-refractivity contribution in [2.45, 2.75) is 19.8 Å². The summed E-state index contributed by atoms with van der Waals surface area (Å²) in [5, 5.41) is 3.38. The van der Waals surface area contributed by atoms with Crippen molar-refractivity contribution in [3.8, 4) is 0 Å². The van der Waals surface area contributed by atoms with Crippen LogP contribution in [0.15, 0.2) is 36.0 Å². The third-order valence-corrected chi connectivity index (χ3v) is 2.40. The van der Waals surface area contributed by atoms with E-state index < -0.39 is 0 Å². The highest BCUT2D eigenvalue weighted by Crippen LogP contribution is 2.10. The van der Waals surface area contributed by atoms with Crippen LogP contribution in [0.5, 0.6) is 0 Å². The molecular formula is C12H15N. The highest BCUT2D eigenvalue weighted by atomic mass is 14.9. The van der Waals surface area contributed by atoms with Crippen molar-refractivity contribution in [3.63, 3.8) is 0 Å². The summed E-state index contributed by atoms with van der Waals surface area (Å²) in [6, 6.07) is 8.75. The van der Waals surface area contributed by atoms with Gasteiger partial charge < -0.3 is 5.32 Å². The summed E-state index contributed by atoms with van der Waals surface area (Å²) >= 11 is 0. The van der Waals surface area contributed by atoms with Gasteiger partial charge in [-0.2, -0.15) is 0 Å². The number of hydrogen-bond donors (Lipinski definition) is 1. The highest BCUT2D eigenvalue weighted by molar-refractivity contribution is 5.26. The van der Waals surface area contributed by atoms with Crippen molar-refractivity contribution in [2.24, 2.45) is 0 Å². The summed E-state index contributed by atoms with van der Waals surface area (Å²) < 4.78 is 0. The highest BCUT2D eigenvalue weighted by Gasteiger charge is 2.03. The first-order valence-corrected chi connectivity index (χ1v) is 4.83. The van der Waals surface area contributed by atoms with Crippen molar-refractivity contribution in [1.82, 2.24) is 5.32 Å². The fourth-order valence-electron chi connectivity index (χ4n) is 1.61. The predicted molar refractivity (Wildman–Crippen MR) is 55.6 cm³/mol. The maximum Gasteiger partial charge on any atom is 0.0179 e. The monoisotopic (exact) mass is 173 g/mol. The van der Waals surface area contributed by atoms with Gasteiger partial charge in [-0.05, 0) is 18.9 Å². The van der Waals surface area contributed by atoms with E-state index >= 15 is 0 Å². The van der Waals surface area contributed by atoms with Crippen LogP contribution < -0.4 is 5.32 Å². The molecule has 0 saturated heterocycles. The molecule has 0 aliphatic carbocycles. The van der Waals surface area contributed by atoms with Crippen molar-refractivity contribution < 1.29 is 0 Å². The summed E-state index contributed by atoms with van der Waals surface area (Å²) in [7, 11) is 0. The summed E-state index contributed by atoms with van der Waals surface area (Å²) in [4.78, 5) is 0. The summed E-state index contributed by atoms with van der Waals surface area (Å²) in [6.07, 6.45) is 4.53. The molecule has 0 unspecified atom stereocenters. The Morgan fingerprint density at radius 3 is 2.62 bits per heavy atom. The van der Waals surface area contributed by atoms with Gasteiger partial charge in [0.05, 0.1) is 0 Å². The number of allylic oxidation sites excluding steroid dienone is 1. The first-order valence-electron chi connectivity index (χ1n) is 4.83. The van der Waals surface area contributed by atoms with Crippen molar-refractivity contribution in [1.29, 1.82) is 0 Å². The van der Waals surface area contributed by atoms with Gasteiger partial charge in [0.2, 0.25) is 0 Å².